The van der Waals surface area contributed by atoms with Crippen LogP contribution in [0.4, 0.5) is 0 Å². The molecular formula is C7H11NO2. The van der Waals surface area contributed by atoms with E-state index in [1.165, 1.54) is 0 Å². The molecule has 0 radical (unpaired) electrons. The molecule has 2 saturated heterocycles. The lowest BCUT2D eigenvalue weighted by Gasteiger charge is -2.07. The van der Waals surface area contributed by atoms with Gasteiger partial charge in [-0.05, 0) is 0 Å². The van der Waals surface area contributed by atoms with Gasteiger partial charge in [-0.3, -0.25) is 0 Å². The van der Waals surface area contributed by atoms with E-state index in [4.69, 9.17) is 4.74 Å². The van der Waals surface area contributed by atoms with Gasteiger partial charge in [0.2, 0.25) is 0 Å². The molecule has 1 N–H and O–H groups in total. The van der Waals surface area contributed by atoms with Crippen LogP contribution in [0.5, 0.6) is 0 Å². The van der Waals surface area contributed by atoms with Gasteiger partial charge in [0.15, 0.2) is 0 Å². The van der Waals surface area contributed by atoms with Crippen LogP contribution in [0.3, 0.4) is 0 Å². The number of ether oxygens (including phenoxy) is 1. The van der Waals surface area contributed by atoms with Crippen molar-refractivity contribution in [3.8, 4) is 0 Å². The summed E-state index contributed by atoms with van der Waals surface area (Å²) < 4.78 is 5.24. The third-order valence-corrected chi connectivity index (χ3v) is 2.47. The number of hydrogen-bond acceptors (Lipinski definition) is 3. The van der Waals surface area contributed by atoms with Crippen LogP contribution in [0.2, 0.25) is 0 Å². The van der Waals surface area contributed by atoms with Crippen LogP contribution in [-0.4, -0.2) is 32.1 Å². The summed E-state index contributed by atoms with van der Waals surface area (Å²) in [5.74, 6) is 1.05. The molecule has 3 atom stereocenters. The van der Waals surface area contributed by atoms with E-state index in [-0.39, 0.29) is 6.04 Å². The largest absolute Gasteiger partial charge is 0.381 e. The first-order valence-electron chi connectivity index (χ1n) is 3.68. The highest BCUT2D eigenvalue weighted by atomic mass is 16.5. The summed E-state index contributed by atoms with van der Waals surface area (Å²) in [5.41, 5.74) is 0. The van der Waals surface area contributed by atoms with Gasteiger partial charge in [0, 0.05) is 18.4 Å². The predicted octanol–water partition coefficient (Wildman–Crippen LogP) is -0.580. The van der Waals surface area contributed by atoms with E-state index in [0.29, 0.717) is 11.8 Å². The van der Waals surface area contributed by atoms with Crippen molar-refractivity contribution in [2.75, 3.05) is 19.8 Å². The van der Waals surface area contributed by atoms with E-state index in [2.05, 4.69) is 5.32 Å². The number of carbonyl (C=O) groups excluding carboxylic acids is 1. The van der Waals surface area contributed by atoms with E-state index in [9.17, 15) is 4.79 Å². The van der Waals surface area contributed by atoms with Crippen LogP contribution >= 0.6 is 0 Å². The maximum absolute atomic E-state index is 10.4. The van der Waals surface area contributed by atoms with E-state index >= 15 is 0 Å². The molecule has 2 aliphatic rings. The highest BCUT2D eigenvalue weighted by molar-refractivity contribution is 5.59. The van der Waals surface area contributed by atoms with Crippen molar-refractivity contribution in [1.29, 1.82) is 0 Å². The fourth-order valence-corrected chi connectivity index (χ4v) is 1.81. The van der Waals surface area contributed by atoms with Gasteiger partial charge in [0.25, 0.3) is 0 Å². The zero-order valence-corrected chi connectivity index (χ0v) is 5.75. The summed E-state index contributed by atoms with van der Waals surface area (Å²) >= 11 is 0. The van der Waals surface area contributed by atoms with Crippen LogP contribution in [0.15, 0.2) is 0 Å². The van der Waals surface area contributed by atoms with Crippen LogP contribution < -0.4 is 5.32 Å². The Bertz CT molecular complexity index is 149. The zero-order valence-electron chi connectivity index (χ0n) is 5.75. The van der Waals surface area contributed by atoms with Crippen molar-refractivity contribution in [3.05, 3.63) is 0 Å². The maximum atomic E-state index is 10.4. The number of fused-ring (bicyclic) bond motifs is 1. The Kier molecular flexibility index (Phi) is 1.47. The average molecular weight is 141 g/mol. The summed E-state index contributed by atoms with van der Waals surface area (Å²) in [6, 6.07) is 0.0625. The van der Waals surface area contributed by atoms with E-state index in [1.807, 2.05) is 0 Å². The molecule has 0 spiro atoms. The van der Waals surface area contributed by atoms with E-state index in [1.54, 1.807) is 0 Å². The molecule has 0 bridgehead atoms. The fourth-order valence-electron chi connectivity index (χ4n) is 1.81. The monoisotopic (exact) mass is 141 g/mol. The highest BCUT2D eigenvalue weighted by Crippen LogP contribution is 2.27. The minimum atomic E-state index is 0.0625. The molecule has 0 aliphatic carbocycles. The van der Waals surface area contributed by atoms with Gasteiger partial charge in [-0.1, -0.05) is 0 Å². The summed E-state index contributed by atoms with van der Waals surface area (Å²) in [6.45, 7) is 2.55. The van der Waals surface area contributed by atoms with Gasteiger partial charge in [-0.2, -0.15) is 0 Å². The number of nitrogens with one attached hydrogen (secondary N) is 1. The number of aldehydes is 1. The van der Waals surface area contributed by atoms with E-state index < -0.39 is 0 Å². The Hall–Kier alpha value is -0.410. The molecule has 0 aromatic rings. The first-order chi connectivity index (χ1) is 4.92. The van der Waals surface area contributed by atoms with Gasteiger partial charge in [0.1, 0.15) is 6.29 Å². The molecule has 2 aliphatic heterocycles. The summed E-state index contributed by atoms with van der Waals surface area (Å²) in [6.07, 6.45) is 0.999. The first-order valence-corrected chi connectivity index (χ1v) is 3.68. The zero-order chi connectivity index (χ0) is 6.97. The topological polar surface area (TPSA) is 38.3 Å². The van der Waals surface area contributed by atoms with Crippen LogP contribution in [0.25, 0.3) is 0 Å². The molecule has 10 heavy (non-hydrogen) atoms. The molecule has 0 aromatic carbocycles. The minimum absolute atomic E-state index is 0.0625. The molecule has 2 fully saturated rings. The normalized spacial score (nSPS) is 45.4. The Morgan fingerprint density at radius 1 is 1.50 bits per heavy atom. The van der Waals surface area contributed by atoms with Crippen LogP contribution in [-0.2, 0) is 9.53 Å². The predicted molar refractivity (Wildman–Crippen MR) is 35.7 cm³/mol. The van der Waals surface area contributed by atoms with Gasteiger partial charge in [-0.15, -0.1) is 0 Å². The van der Waals surface area contributed by atoms with Crippen molar-refractivity contribution < 1.29 is 9.53 Å². The number of hydrogen-bond donors (Lipinski definition) is 1. The average Bonchev–Trinajstić information content (AvgIpc) is 2.44. The minimum Gasteiger partial charge on any atom is -0.381 e. The lowest BCUT2D eigenvalue weighted by atomic mass is 9.95. The Morgan fingerprint density at radius 3 is 3.20 bits per heavy atom. The quantitative estimate of drug-likeness (QED) is 0.496. The molecule has 56 valence electrons. The van der Waals surface area contributed by atoms with Crippen molar-refractivity contribution in [2.24, 2.45) is 11.8 Å². The van der Waals surface area contributed by atoms with Crippen molar-refractivity contribution in [1.82, 2.24) is 5.32 Å². The third kappa shape index (κ3) is 0.777. The molecule has 0 amide bonds. The van der Waals surface area contributed by atoms with Crippen molar-refractivity contribution in [2.45, 2.75) is 6.04 Å². The maximum Gasteiger partial charge on any atom is 0.137 e. The number of rotatable bonds is 1. The Balaban J connectivity index is 2.07. The second-order valence-electron chi connectivity index (χ2n) is 3.03. The Labute approximate surface area is 59.7 Å². The summed E-state index contributed by atoms with van der Waals surface area (Å²) in [5, 5.41) is 3.16. The summed E-state index contributed by atoms with van der Waals surface area (Å²) in [4.78, 5) is 10.4. The van der Waals surface area contributed by atoms with Crippen molar-refractivity contribution >= 4 is 6.29 Å². The van der Waals surface area contributed by atoms with Crippen molar-refractivity contribution in [3.63, 3.8) is 0 Å². The Morgan fingerprint density at radius 2 is 2.40 bits per heavy atom. The van der Waals surface area contributed by atoms with Gasteiger partial charge < -0.3 is 14.8 Å². The standard InChI is InChI=1S/C7H11NO2/c9-2-7-6-4-10-3-5(6)1-8-7/h2,5-8H,1,3-4H2/t5-,6+,7-/m1/s1. The first kappa shape index (κ1) is 6.31. The molecule has 0 unspecified atom stereocenters. The SMILES string of the molecule is O=C[C@H]1NC[C@@H]2COC[C@@H]21. The fraction of sp³-hybridized carbons (Fsp3) is 0.857. The highest BCUT2D eigenvalue weighted by Gasteiger charge is 2.39. The number of carbonyl (C=O) groups is 1. The third-order valence-electron chi connectivity index (χ3n) is 2.47. The van der Waals surface area contributed by atoms with Crippen LogP contribution in [0.1, 0.15) is 0 Å². The second kappa shape index (κ2) is 2.32. The molecule has 2 heterocycles. The second-order valence-corrected chi connectivity index (χ2v) is 3.03. The molecule has 3 heteroatoms. The smallest absolute Gasteiger partial charge is 0.137 e. The molecular weight excluding hydrogens is 130 g/mol. The van der Waals surface area contributed by atoms with Gasteiger partial charge >= 0.3 is 0 Å². The molecule has 3 nitrogen and oxygen atoms in total. The summed E-state index contributed by atoms with van der Waals surface area (Å²) in [7, 11) is 0. The van der Waals surface area contributed by atoms with Gasteiger partial charge in [-0.25, -0.2) is 0 Å². The van der Waals surface area contributed by atoms with Crippen LogP contribution in [0, 0.1) is 11.8 Å². The van der Waals surface area contributed by atoms with Gasteiger partial charge in [0.05, 0.1) is 19.3 Å². The lowest BCUT2D eigenvalue weighted by molar-refractivity contribution is -0.110. The molecule has 2 rings (SSSR count). The lowest BCUT2D eigenvalue weighted by Crippen LogP contribution is -2.29. The molecule has 0 aromatic heterocycles. The van der Waals surface area contributed by atoms with E-state index in [0.717, 1.165) is 26.0 Å². The molecule has 0 saturated carbocycles.